The highest BCUT2D eigenvalue weighted by Crippen LogP contribution is 2.72. The molecule has 10 N–H and O–H groups in total. The molecule has 8 rings (SSSR count). The second-order valence-corrected chi connectivity index (χ2v) is 22.2. The van der Waals surface area contributed by atoms with Crippen LogP contribution in [0.5, 0.6) is 0 Å². The van der Waals surface area contributed by atoms with Gasteiger partial charge in [0.05, 0.1) is 42.5 Å². The van der Waals surface area contributed by atoms with E-state index in [1.807, 2.05) is 6.92 Å². The normalized spacial score (nSPS) is 48.9. The molecule has 19 atom stereocenters. The van der Waals surface area contributed by atoms with Crippen LogP contribution in [0.15, 0.2) is 28.3 Å². The summed E-state index contributed by atoms with van der Waals surface area (Å²) in [5, 5.41) is 72.2. The zero-order valence-corrected chi connectivity index (χ0v) is 37.6. The number of nitrogens with two attached hydrogens (primary N) is 2. The summed E-state index contributed by atoms with van der Waals surface area (Å²) < 4.78 is 5.61. The molecule has 5 fully saturated rings. The smallest absolute Gasteiger partial charge is 0.306 e. The Labute approximate surface area is 368 Å². The predicted octanol–water partition coefficient (Wildman–Crippen LogP) is 4.17. The van der Waals surface area contributed by atoms with Crippen molar-refractivity contribution in [1.82, 2.24) is 0 Å². The summed E-state index contributed by atoms with van der Waals surface area (Å²) >= 11 is 0. The number of carbonyl (C=O) groups excluding carboxylic acids is 2. The highest BCUT2D eigenvalue weighted by atomic mass is 16.5. The summed E-state index contributed by atoms with van der Waals surface area (Å²) in [6.45, 7) is 8.69. The number of aliphatic hydroxyl groups is 6. The van der Waals surface area contributed by atoms with Crippen molar-refractivity contribution >= 4 is 17.7 Å². The van der Waals surface area contributed by atoms with Gasteiger partial charge in [-0.25, -0.2) is 0 Å². The van der Waals surface area contributed by atoms with Crippen LogP contribution in [0.1, 0.15) is 124 Å². The number of aliphatic hydroxyl groups excluding tert-OH is 4. The van der Waals surface area contributed by atoms with E-state index in [-0.39, 0.29) is 92.1 Å². The number of aliphatic imine (C=N–C) groups is 1. The topological polar surface area (TPSA) is 229 Å². The number of guanidine groups is 1. The molecule has 1 heterocycles. The minimum atomic E-state index is -1.74. The van der Waals surface area contributed by atoms with Crippen molar-refractivity contribution in [3.8, 4) is 11.8 Å². The Morgan fingerprint density at radius 2 is 1.73 bits per heavy atom. The SMILES string of the molecule is CC1CCC2=CCC3C(C)CC(O)C(C)(O)C4C(CC5(O)C6=CC(=O)C7CC(O)C(O)CC7(C)C6CCC45CCN=C(N)N)C(CCCO)C#CC(C4COC(=O)C4)CC3C2C1. The third-order valence-electron chi connectivity index (χ3n) is 18.8. The number of rotatable bonds is 7. The van der Waals surface area contributed by atoms with Gasteiger partial charge in [0.25, 0.3) is 0 Å². The quantitative estimate of drug-likeness (QED) is 0.0596. The van der Waals surface area contributed by atoms with Crippen LogP contribution in [0.4, 0.5) is 0 Å². The van der Waals surface area contributed by atoms with Gasteiger partial charge < -0.3 is 46.8 Å². The van der Waals surface area contributed by atoms with E-state index in [1.54, 1.807) is 13.0 Å². The zero-order valence-electron chi connectivity index (χ0n) is 37.6. The van der Waals surface area contributed by atoms with Gasteiger partial charge in [-0.15, -0.1) is 0 Å². The number of fused-ring (bicyclic) bond motifs is 10. The Kier molecular flexibility index (Phi) is 12.7. The molecule has 1 aliphatic heterocycles. The summed E-state index contributed by atoms with van der Waals surface area (Å²) in [5.74, 6) is 5.85. The molecule has 0 aromatic heterocycles. The Morgan fingerprint density at radius 1 is 0.952 bits per heavy atom. The van der Waals surface area contributed by atoms with Gasteiger partial charge in [0.2, 0.25) is 0 Å². The summed E-state index contributed by atoms with van der Waals surface area (Å²) in [5.41, 5.74) is 8.72. The lowest BCUT2D eigenvalue weighted by molar-refractivity contribution is -0.190. The molecule has 0 radical (unpaired) electrons. The van der Waals surface area contributed by atoms with Gasteiger partial charge in [-0.2, -0.15) is 0 Å². The highest BCUT2D eigenvalue weighted by molar-refractivity contribution is 5.95. The Bertz CT molecular complexity index is 1880. The Balaban J connectivity index is 1.30. The van der Waals surface area contributed by atoms with Crippen LogP contribution in [0.3, 0.4) is 0 Å². The number of cyclic esters (lactones) is 1. The number of esters is 1. The van der Waals surface area contributed by atoms with Crippen molar-refractivity contribution in [3.05, 3.63) is 23.3 Å². The lowest BCUT2D eigenvalue weighted by Crippen LogP contribution is -2.64. The molecule has 19 unspecified atom stereocenters. The lowest BCUT2D eigenvalue weighted by Gasteiger charge is -2.61. The molecule has 344 valence electrons. The third kappa shape index (κ3) is 7.70. The second-order valence-electron chi connectivity index (χ2n) is 22.2. The van der Waals surface area contributed by atoms with Crippen LogP contribution < -0.4 is 11.5 Å². The van der Waals surface area contributed by atoms with E-state index in [0.29, 0.717) is 62.5 Å². The van der Waals surface area contributed by atoms with Crippen molar-refractivity contribution in [2.24, 2.45) is 98.3 Å². The first kappa shape index (κ1) is 45.8. The lowest BCUT2D eigenvalue weighted by atomic mass is 9.44. The molecule has 62 heavy (non-hydrogen) atoms. The summed E-state index contributed by atoms with van der Waals surface area (Å²) in [4.78, 5) is 31.5. The van der Waals surface area contributed by atoms with Gasteiger partial charge in [0.15, 0.2) is 11.7 Å². The predicted molar refractivity (Wildman–Crippen MR) is 234 cm³/mol. The average molecular weight is 862 g/mol. The Hall–Kier alpha value is -2.79. The maximum absolute atomic E-state index is 14.3. The van der Waals surface area contributed by atoms with E-state index >= 15 is 0 Å². The fourth-order valence-corrected chi connectivity index (χ4v) is 15.7. The van der Waals surface area contributed by atoms with Gasteiger partial charge >= 0.3 is 5.97 Å². The van der Waals surface area contributed by atoms with Gasteiger partial charge in [-0.05, 0) is 155 Å². The van der Waals surface area contributed by atoms with Crippen molar-refractivity contribution in [2.45, 2.75) is 154 Å². The molecular weight excluding hydrogens is 787 g/mol. The third-order valence-corrected chi connectivity index (χ3v) is 18.8. The monoisotopic (exact) mass is 862 g/mol. The zero-order chi connectivity index (χ0) is 44.5. The van der Waals surface area contributed by atoms with Crippen molar-refractivity contribution in [2.75, 3.05) is 19.8 Å². The molecule has 0 aromatic carbocycles. The maximum atomic E-state index is 14.3. The van der Waals surface area contributed by atoms with Gasteiger partial charge in [-0.1, -0.05) is 44.3 Å². The standard InChI is InChI=1S/C50H75N3O9/c1-27-7-8-30-11-12-33-28(2)19-43(58)48(4,60)45-36(29(6-5-17-54)9-10-31(20-35(33)34(30)18-27)32-21-44(59)62-26-32)24-50(61)38-22-40(55)39-23-41(56)42(57)25-47(39,3)37(38)13-14-49(45,50)15-16-53-46(51)52/h11,22,27-29,31-37,39,41-43,45,54,56-58,60-61H,5-8,12-21,23-26H2,1-4H3,(H4,51,52,53). The van der Waals surface area contributed by atoms with Crippen LogP contribution in [-0.2, 0) is 14.3 Å². The van der Waals surface area contributed by atoms with Gasteiger partial charge in [0, 0.05) is 48.2 Å². The molecular formula is C50H75N3O9. The fraction of sp³-hybridized carbons (Fsp3) is 0.820. The van der Waals surface area contributed by atoms with Crippen LogP contribution in [0.25, 0.3) is 0 Å². The highest BCUT2D eigenvalue weighted by Gasteiger charge is 2.73. The van der Waals surface area contributed by atoms with Crippen molar-refractivity contribution in [1.29, 1.82) is 0 Å². The molecule has 12 nitrogen and oxygen atoms in total. The van der Waals surface area contributed by atoms with E-state index in [1.165, 1.54) is 12.0 Å². The van der Waals surface area contributed by atoms with E-state index in [4.69, 9.17) is 16.2 Å². The minimum Gasteiger partial charge on any atom is -0.465 e. The van der Waals surface area contributed by atoms with E-state index in [2.05, 4.69) is 36.8 Å². The Morgan fingerprint density at radius 3 is 2.44 bits per heavy atom. The number of ketones is 1. The number of allylic oxidation sites excluding steroid dienone is 3. The van der Waals surface area contributed by atoms with Crippen LogP contribution in [-0.4, -0.2) is 97.6 Å². The van der Waals surface area contributed by atoms with Crippen LogP contribution in [0.2, 0.25) is 0 Å². The second kappa shape index (κ2) is 17.2. The fourth-order valence-electron chi connectivity index (χ4n) is 15.7. The maximum Gasteiger partial charge on any atom is 0.306 e. The molecule has 12 heteroatoms. The first-order valence-electron chi connectivity index (χ1n) is 24.1. The summed E-state index contributed by atoms with van der Waals surface area (Å²) in [6.07, 6.45) is 9.21. The van der Waals surface area contributed by atoms with Crippen LogP contribution >= 0.6 is 0 Å². The summed E-state index contributed by atoms with van der Waals surface area (Å²) in [6, 6.07) is 0. The summed E-state index contributed by atoms with van der Waals surface area (Å²) in [7, 11) is 0. The molecule has 0 aromatic rings. The average Bonchev–Trinajstić information content (AvgIpc) is 3.76. The van der Waals surface area contributed by atoms with Crippen molar-refractivity contribution < 1.29 is 45.0 Å². The minimum absolute atomic E-state index is 0.0215. The molecule has 7 aliphatic carbocycles. The van der Waals surface area contributed by atoms with Crippen molar-refractivity contribution in [3.63, 3.8) is 0 Å². The first-order valence-corrected chi connectivity index (χ1v) is 24.1. The molecule has 4 saturated carbocycles. The molecule has 0 bridgehead atoms. The molecule has 8 aliphatic rings. The molecule has 0 amide bonds. The molecule has 1 saturated heterocycles. The number of hydrogen-bond donors (Lipinski definition) is 8. The van der Waals surface area contributed by atoms with Gasteiger partial charge in [-0.3, -0.25) is 14.6 Å². The van der Waals surface area contributed by atoms with E-state index < -0.39 is 64.0 Å². The first-order chi connectivity index (χ1) is 29.3. The number of nitrogens with zero attached hydrogens (tertiary/aromatic N) is 1. The number of ether oxygens (including phenoxy) is 1. The number of hydrogen-bond acceptors (Lipinski definition) is 10. The van der Waals surface area contributed by atoms with E-state index in [0.717, 1.165) is 25.7 Å². The van der Waals surface area contributed by atoms with Crippen LogP contribution in [0, 0.1) is 93.7 Å². The molecule has 0 spiro atoms. The largest absolute Gasteiger partial charge is 0.465 e. The van der Waals surface area contributed by atoms with E-state index in [9.17, 15) is 40.2 Å². The van der Waals surface area contributed by atoms with Gasteiger partial charge in [0.1, 0.15) is 0 Å². The number of carbonyl (C=O) groups is 2.